The number of nitrogens with zero attached hydrogens (tertiary/aromatic N) is 2. The van der Waals surface area contributed by atoms with Gasteiger partial charge in [0.15, 0.2) is 0 Å². The summed E-state index contributed by atoms with van der Waals surface area (Å²) < 4.78 is 1.89. The molecule has 0 fully saturated rings. The summed E-state index contributed by atoms with van der Waals surface area (Å²) in [4.78, 5) is 22.6. The molecule has 1 atom stereocenters. The zero-order valence-corrected chi connectivity index (χ0v) is 13.0. The predicted octanol–water partition coefficient (Wildman–Crippen LogP) is 1.30. The van der Waals surface area contributed by atoms with Crippen molar-refractivity contribution in [3.63, 3.8) is 0 Å². The van der Waals surface area contributed by atoms with Crippen LogP contribution in [0.4, 0.5) is 4.79 Å². The van der Waals surface area contributed by atoms with Gasteiger partial charge in [-0.3, -0.25) is 4.68 Å². The highest BCUT2D eigenvalue weighted by atomic mass is 16.4. The van der Waals surface area contributed by atoms with Crippen molar-refractivity contribution in [3.8, 4) is 0 Å². The van der Waals surface area contributed by atoms with Crippen LogP contribution in [-0.4, -0.2) is 39.5 Å². The van der Waals surface area contributed by atoms with E-state index in [0.29, 0.717) is 13.1 Å². The first-order valence-corrected chi connectivity index (χ1v) is 7.09. The molecule has 0 unspecified atom stereocenters. The molecule has 1 aromatic heterocycles. The molecule has 1 heterocycles. The second kappa shape index (κ2) is 7.66. The number of aryl methyl sites for hydroxylation is 3. The van der Waals surface area contributed by atoms with Crippen LogP contribution in [0, 0.1) is 19.8 Å². The molecule has 21 heavy (non-hydrogen) atoms. The number of amides is 2. The molecule has 0 saturated heterocycles. The normalized spacial score (nSPS) is 12.2. The number of aliphatic carboxylic acids is 1. The Balaban J connectivity index is 2.30. The van der Waals surface area contributed by atoms with E-state index in [1.807, 2.05) is 24.6 Å². The van der Waals surface area contributed by atoms with E-state index in [9.17, 15) is 9.59 Å². The summed E-state index contributed by atoms with van der Waals surface area (Å²) in [7, 11) is 0. The summed E-state index contributed by atoms with van der Waals surface area (Å²) in [5.74, 6) is -1.19. The smallest absolute Gasteiger partial charge is 0.326 e. The molecule has 118 valence electrons. The maximum absolute atomic E-state index is 11.6. The first-order valence-electron chi connectivity index (χ1n) is 7.09. The molecule has 3 N–H and O–H groups in total. The number of carbonyl (C=O) groups excluding carboxylic acids is 1. The molecule has 0 aliphatic carbocycles. The number of rotatable bonds is 7. The number of nitrogens with one attached hydrogen (secondary N) is 2. The average Bonchev–Trinajstić information content (AvgIpc) is 2.69. The molecule has 2 amide bonds. The fraction of sp³-hybridized carbons (Fsp3) is 0.643. The van der Waals surface area contributed by atoms with Crippen LogP contribution in [0.1, 0.15) is 31.7 Å². The molecule has 7 nitrogen and oxygen atoms in total. The summed E-state index contributed by atoms with van der Waals surface area (Å²) in [6.07, 6.45) is 0.731. The summed E-state index contributed by atoms with van der Waals surface area (Å²) in [5.41, 5.74) is 2.06. The van der Waals surface area contributed by atoms with Gasteiger partial charge in [-0.05, 0) is 32.3 Å². The highest BCUT2D eigenvalue weighted by Crippen LogP contribution is 2.03. The molecular formula is C14H24N4O3. The highest BCUT2D eigenvalue weighted by molar-refractivity contribution is 5.82. The molecule has 0 radical (unpaired) electrons. The van der Waals surface area contributed by atoms with Crippen LogP contribution < -0.4 is 10.6 Å². The Morgan fingerprint density at radius 2 is 2.05 bits per heavy atom. The average molecular weight is 296 g/mol. The Bertz CT molecular complexity index is 496. The lowest BCUT2D eigenvalue weighted by atomic mass is 10.1. The maximum Gasteiger partial charge on any atom is 0.326 e. The van der Waals surface area contributed by atoms with E-state index in [4.69, 9.17) is 5.11 Å². The van der Waals surface area contributed by atoms with Crippen molar-refractivity contribution in [3.05, 3.63) is 17.5 Å². The van der Waals surface area contributed by atoms with Gasteiger partial charge in [0, 0.05) is 18.8 Å². The molecule has 0 aromatic carbocycles. The molecule has 0 spiro atoms. The van der Waals surface area contributed by atoms with Crippen LogP contribution in [0.25, 0.3) is 0 Å². The van der Waals surface area contributed by atoms with Crippen molar-refractivity contribution in [2.45, 2.75) is 46.7 Å². The van der Waals surface area contributed by atoms with Crippen LogP contribution >= 0.6 is 0 Å². The lowest BCUT2D eigenvalue weighted by molar-refractivity contribution is -0.140. The van der Waals surface area contributed by atoms with Gasteiger partial charge >= 0.3 is 12.0 Å². The second-order valence-electron chi connectivity index (χ2n) is 5.46. The van der Waals surface area contributed by atoms with Gasteiger partial charge in [0.2, 0.25) is 0 Å². The van der Waals surface area contributed by atoms with Crippen molar-refractivity contribution in [2.75, 3.05) is 6.54 Å². The Morgan fingerprint density at radius 3 is 2.52 bits per heavy atom. The number of carboxylic acids is 1. The standard InChI is InChI=1S/C14H24N4O3/c1-9(2)12(13(19)20)16-14(21)15-6-5-7-18-11(4)8-10(3)17-18/h8-9,12H,5-7H2,1-4H3,(H,19,20)(H2,15,16,21)/t12-/m0/s1. The van der Waals surface area contributed by atoms with Crippen LogP contribution in [0.15, 0.2) is 6.07 Å². The molecule has 1 rings (SSSR count). The Hall–Kier alpha value is -2.05. The Labute approximate surface area is 124 Å². The van der Waals surface area contributed by atoms with Crippen molar-refractivity contribution in [2.24, 2.45) is 5.92 Å². The molecule has 1 aromatic rings. The van der Waals surface area contributed by atoms with Crippen LogP contribution in [0.3, 0.4) is 0 Å². The number of aromatic nitrogens is 2. The van der Waals surface area contributed by atoms with E-state index >= 15 is 0 Å². The first-order chi connectivity index (χ1) is 9.81. The van der Waals surface area contributed by atoms with Crippen LogP contribution in [-0.2, 0) is 11.3 Å². The van der Waals surface area contributed by atoms with E-state index in [1.165, 1.54) is 0 Å². The van der Waals surface area contributed by atoms with Gasteiger partial charge in [0.25, 0.3) is 0 Å². The summed E-state index contributed by atoms with van der Waals surface area (Å²) in [6, 6.07) is 0.672. The van der Waals surface area contributed by atoms with Crippen molar-refractivity contribution in [1.29, 1.82) is 0 Å². The van der Waals surface area contributed by atoms with Gasteiger partial charge in [-0.1, -0.05) is 13.8 Å². The van der Waals surface area contributed by atoms with E-state index in [0.717, 1.165) is 17.8 Å². The summed E-state index contributed by atoms with van der Waals surface area (Å²) in [5, 5.41) is 18.4. The molecule has 0 aliphatic rings. The number of hydrogen-bond donors (Lipinski definition) is 3. The number of hydrogen-bond acceptors (Lipinski definition) is 3. The van der Waals surface area contributed by atoms with Gasteiger partial charge in [-0.25, -0.2) is 9.59 Å². The van der Waals surface area contributed by atoms with E-state index < -0.39 is 18.0 Å². The van der Waals surface area contributed by atoms with Gasteiger partial charge in [-0.15, -0.1) is 0 Å². The van der Waals surface area contributed by atoms with E-state index in [-0.39, 0.29) is 5.92 Å². The third-order valence-electron chi connectivity index (χ3n) is 3.15. The Morgan fingerprint density at radius 1 is 1.38 bits per heavy atom. The molecule has 0 bridgehead atoms. The number of carboxylic acid groups (broad SMARTS) is 1. The summed E-state index contributed by atoms with van der Waals surface area (Å²) >= 11 is 0. The fourth-order valence-electron chi connectivity index (χ4n) is 2.04. The quantitative estimate of drug-likeness (QED) is 0.661. The lowest BCUT2D eigenvalue weighted by Gasteiger charge is -2.18. The zero-order valence-electron chi connectivity index (χ0n) is 13.0. The maximum atomic E-state index is 11.6. The molecular weight excluding hydrogens is 272 g/mol. The topological polar surface area (TPSA) is 96.2 Å². The lowest BCUT2D eigenvalue weighted by Crippen LogP contribution is -2.48. The fourth-order valence-corrected chi connectivity index (χ4v) is 2.04. The van der Waals surface area contributed by atoms with Crippen LogP contribution in [0.2, 0.25) is 0 Å². The minimum absolute atomic E-state index is 0.164. The third-order valence-corrected chi connectivity index (χ3v) is 3.15. The van der Waals surface area contributed by atoms with Gasteiger partial charge in [-0.2, -0.15) is 5.10 Å². The molecule has 0 aliphatic heterocycles. The molecule has 7 heteroatoms. The van der Waals surface area contributed by atoms with Crippen molar-refractivity contribution < 1.29 is 14.7 Å². The van der Waals surface area contributed by atoms with Crippen molar-refractivity contribution >= 4 is 12.0 Å². The van der Waals surface area contributed by atoms with Crippen molar-refractivity contribution in [1.82, 2.24) is 20.4 Å². The second-order valence-corrected chi connectivity index (χ2v) is 5.46. The minimum Gasteiger partial charge on any atom is -0.480 e. The summed E-state index contributed by atoms with van der Waals surface area (Å²) in [6.45, 7) is 8.61. The van der Waals surface area contributed by atoms with Gasteiger partial charge in [0.1, 0.15) is 6.04 Å². The monoisotopic (exact) mass is 296 g/mol. The van der Waals surface area contributed by atoms with Crippen LogP contribution in [0.5, 0.6) is 0 Å². The number of carbonyl (C=O) groups is 2. The van der Waals surface area contributed by atoms with Gasteiger partial charge in [0.05, 0.1) is 5.69 Å². The van der Waals surface area contributed by atoms with Gasteiger partial charge < -0.3 is 15.7 Å². The Kier molecular flexibility index (Phi) is 6.20. The minimum atomic E-state index is -1.03. The SMILES string of the molecule is Cc1cc(C)n(CCCNC(=O)N[C@H](C(=O)O)C(C)C)n1. The highest BCUT2D eigenvalue weighted by Gasteiger charge is 2.22. The zero-order chi connectivity index (χ0) is 16.0. The predicted molar refractivity (Wildman–Crippen MR) is 79.1 cm³/mol. The first kappa shape index (κ1) is 17.0. The molecule has 0 saturated carbocycles. The van der Waals surface area contributed by atoms with E-state index in [1.54, 1.807) is 13.8 Å². The third kappa shape index (κ3) is 5.45. The number of urea groups is 1. The largest absolute Gasteiger partial charge is 0.480 e. The van der Waals surface area contributed by atoms with E-state index in [2.05, 4.69) is 15.7 Å².